The number of nitrogens with zero attached hydrogens (tertiary/aromatic N) is 6. The Morgan fingerprint density at radius 3 is 2.96 bits per heavy atom. The number of nitrogens with one attached hydrogen (secondary N) is 2. The van der Waals surface area contributed by atoms with Crippen LogP contribution in [0.5, 0.6) is 5.75 Å². The summed E-state index contributed by atoms with van der Waals surface area (Å²) in [4.78, 5) is 17.9. The van der Waals surface area contributed by atoms with Crippen molar-refractivity contribution in [1.29, 1.82) is 0 Å². The molecule has 0 aliphatic rings. The number of ether oxygens (including phenoxy) is 1. The van der Waals surface area contributed by atoms with Gasteiger partial charge in [0, 0.05) is 24.3 Å². The highest BCUT2D eigenvalue weighted by molar-refractivity contribution is 5.98. The van der Waals surface area contributed by atoms with Gasteiger partial charge >= 0.3 is 0 Å². The third-order valence-electron chi connectivity index (χ3n) is 3.29. The van der Waals surface area contributed by atoms with Crippen LogP contribution in [0.2, 0.25) is 0 Å². The van der Waals surface area contributed by atoms with Crippen LogP contribution in [0, 0.1) is 0 Å². The molecule has 128 valence electrons. The van der Waals surface area contributed by atoms with Gasteiger partial charge in [-0.25, -0.2) is 4.98 Å². The Hall–Kier alpha value is -3.56. The SMILES string of the molecule is [2H]C([2H])([2H])NC(=O)c1nnccc1Nc1nccc(-c2cnn(C)n2)c1OC. The van der Waals surface area contributed by atoms with Gasteiger partial charge in [-0.2, -0.15) is 20.1 Å². The van der Waals surface area contributed by atoms with Crippen molar-refractivity contribution in [2.75, 3.05) is 19.4 Å². The molecule has 0 saturated carbocycles. The lowest BCUT2D eigenvalue weighted by Crippen LogP contribution is -2.21. The van der Waals surface area contributed by atoms with Crippen LogP contribution in [0.25, 0.3) is 11.3 Å². The largest absolute Gasteiger partial charge is 0.492 e. The van der Waals surface area contributed by atoms with E-state index >= 15 is 0 Å². The Kier molecular flexibility index (Phi) is 3.54. The number of anilines is 2. The molecule has 0 radical (unpaired) electrons. The molecular formula is C15H16N8O2. The first-order valence-corrected chi connectivity index (χ1v) is 7.09. The highest BCUT2D eigenvalue weighted by Gasteiger charge is 2.18. The summed E-state index contributed by atoms with van der Waals surface area (Å²) in [5, 5.41) is 20.5. The molecule has 2 N–H and O–H groups in total. The summed E-state index contributed by atoms with van der Waals surface area (Å²) in [5.74, 6) is -0.261. The van der Waals surface area contributed by atoms with Crippen LogP contribution in [-0.2, 0) is 7.05 Å². The van der Waals surface area contributed by atoms with Crippen LogP contribution in [0.4, 0.5) is 11.5 Å². The van der Waals surface area contributed by atoms with E-state index < -0.39 is 12.9 Å². The fraction of sp³-hybridized carbons (Fsp3) is 0.200. The molecule has 0 spiro atoms. The van der Waals surface area contributed by atoms with E-state index in [2.05, 4.69) is 30.7 Å². The highest BCUT2D eigenvalue weighted by Crippen LogP contribution is 2.35. The average molecular weight is 343 g/mol. The van der Waals surface area contributed by atoms with Gasteiger partial charge in [0.25, 0.3) is 5.91 Å². The molecule has 3 heterocycles. The third kappa shape index (κ3) is 3.22. The molecule has 0 bridgehead atoms. The number of hydrogen-bond acceptors (Lipinski definition) is 8. The molecule has 3 aromatic heterocycles. The summed E-state index contributed by atoms with van der Waals surface area (Å²) in [5.41, 5.74) is 1.20. The van der Waals surface area contributed by atoms with E-state index in [-0.39, 0.29) is 17.2 Å². The molecule has 10 heteroatoms. The second-order valence-corrected chi connectivity index (χ2v) is 4.83. The summed E-state index contributed by atoms with van der Waals surface area (Å²) in [6.45, 7) is -2.66. The van der Waals surface area contributed by atoms with Crippen molar-refractivity contribution < 1.29 is 13.6 Å². The summed E-state index contributed by atoms with van der Waals surface area (Å²) in [6, 6.07) is 3.18. The van der Waals surface area contributed by atoms with Gasteiger partial charge in [-0.15, -0.1) is 5.10 Å². The predicted octanol–water partition coefficient (Wildman–Crippen LogP) is 0.779. The van der Waals surface area contributed by atoms with Gasteiger partial charge in [-0.05, 0) is 12.1 Å². The van der Waals surface area contributed by atoms with Gasteiger partial charge in [-0.1, -0.05) is 0 Å². The molecule has 3 aromatic rings. The van der Waals surface area contributed by atoms with Gasteiger partial charge in [0.05, 0.1) is 30.8 Å². The Morgan fingerprint density at radius 2 is 2.24 bits per heavy atom. The van der Waals surface area contributed by atoms with Crippen molar-refractivity contribution in [3.63, 3.8) is 0 Å². The molecule has 0 saturated heterocycles. The van der Waals surface area contributed by atoms with Gasteiger partial charge in [0.2, 0.25) is 0 Å². The van der Waals surface area contributed by atoms with Crippen LogP contribution in [0.1, 0.15) is 14.6 Å². The van der Waals surface area contributed by atoms with Crippen LogP contribution in [0.3, 0.4) is 0 Å². The molecule has 3 rings (SSSR count). The smallest absolute Gasteiger partial charge is 0.273 e. The van der Waals surface area contributed by atoms with Crippen molar-refractivity contribution in [2.45, 2.75) is 0 Å². The topological polar surface area (TPSA) is 120 Å². The van der Waals surface area contributed by atoms with E-state index in [4.69, 9.17) is 8.85 Å². The number of aromatic nitrogens is 6. The van der Waals surface area contributed by atoms with E-state index in [9.17, 15) is 4.79 Å². The molecule has 10 nitrogen and oxygen atoms in total. The molecule has 25 heavy (non-hydrogen) atoms. The maximum absolute atomic E-state index is 12.2. The summed E-state index contributed by atoms with van der Waals surface area (Å²) < 4.78 is 27.0. The second-order valence-electron chi connectivity index (χ2n) is 4.83. The van der Waals surface area contributed by atoms with E-state index in [1.807, 2.05) is 5.32 Å². The molecule has 0 aromatic carbocycles. The Balaban J connectivity index is 1.98. The number of carbonyl (C=O) groups is 1. The fourth-order valence-corrected chi connectivity index (χ4v) is 2.20. The van der Waals surface area contributed by atoms with Crippen molar-refractivity contribution in [3.8, 4) is 17.0 Å². The lowest BCUT2D eigenvalue weighted by Gasteiger charge is -2.14. The van der Waals surface area contributed by atoms with E-state index in [1.165, 1.54) is 30.4 Å². The summed E-state index contributed by atoms with van der Waals surface area (Å²) >= 11 is 0. The highest BCUT2D eigenvalue weighted by atomic mass is 16.5. The minimum Gasteiger partial charge on any atom is -0.492 e. The molecule has 0 atom stereocenters. The fourth-order valence-electron chi connectivity index (χ4n) is 2.20. The monoisotopic (exact) mass is 343 g/mol. The second kappa shape index (κ2) is 6.91. The quantitative estimate of drug-likeness (QED) is 0.697. The first kappa shape index (κ1) is 12.8. The van der Waals surface area contributed by atoms with Crippen LogP contribution < -0.4 is 15.4 Å². The van der Waals surface area contributed by atoms with Gasteiger partial charge in [-0.3, -0.25) is 4.79 Å². The first-order valence-electron chi connectivity index (χ1n) is 8.59. The molecule has 1 amide bonds. The van der Waals surface area contributed by atoms with Crippen LogP contribution >= 0.6 is 0 Å². The number of carbonyl (C=O) groups excluding carboxylic acids is 1. The average Bonchev–Trinajstić information content (AvgIpc) is 3.06. The van der Waals surface area contributed by atoms with Crippen molar-refractivity contribution in [1.82, 2.24) is 35.5 Å². The molecule has 0 fully saturated rings. The Labute approximate surface area is 147 Å². The van der Waals surface area contributed by atoms with Gasteiger partial charge < -0.3 is 15.4 Å². The number of hydrogen-bond donors (Lipinski definition) is 2. The zero-order valence-corrected chi connectivity index (χ0v) is 13.4. The molecule has 0 aliphatic heterocycles. The zero-order chi connectivity index (χ0) is 20.3. The number of pyridine rings is 1. The van der Waals surface area contributed by atoms with Crippen molar-refractivity contribution >= 4 is 17.4 Å². The predicted molar refractivity (Wildman–Crippen MR) is 89.5 cm³/mol. The lowest BCUT2D eigenvalue weighted by molar-refractivity contribution is 0.0958. The summed E-state index contributed by atoms with van der Waals surface area (Å²) in [6.07, 6.45) is 4.46. The van der Waals surface area contributed by atoms with E-state index in [0.29, 0.717) is 17.0 Å². The van der Waals surface area contributed by atoms with Crippen LogP contribution in [-0.4, -0.2) is 50.2 Å². The number of methoxy groups -OCH3 is 1. The van der Waals surface area contributed by atoms with Crippen molar-refractivity contribution in [3.05, 3.63) is 36.4 Å². The molecular weight excluding hydrogens is 324 g/mol. The van der Waals surface area contributed by atoms with E-state index in [1.54, 1.807) is 19.3 Å². The maximum atomic E-state index is 12.2. The third-order valence-corrected chi connectivity index (χ3v) is 3.29. The number of aryl methyl sites for hydroxylation is 1. The van der Waals surface area contributed by atoms with Gasteiger partial charge in [0.15, 0.2) is 17.3 Å². The van der Waals surface area contributed by atoms with Gasteiger partial charge in [0.1, 0.15) is 5.69 Å². The molecule has 0 unspecified atom stereocenters. The Bertz CT molecular complexity index is 1000. The minimum absolute atomic E-state index is 0.201. The summed E-state index contributed by atoms with van der Waals surface area (Å²) in [7, 11) is 3.16. The minimum atomic E-state index is -2.66. The normalized spacial score (nSPS) is 12.6. The van der Waals surface area contributed by atoms with E-state index in [0.717, 1.165) is 0 Å². The number of rotatable bonds is 5. The standard InChI is InChI=1S/C15H16N8O2/c1-16-15(24)12-10(5-7-18-21-12)20-14-13(25-3)9(4-6-17-14)11-8-19-23(2)22-11/h4-8H,1-3H3,(H,16,24)(H,17,18,20)/i1D3. The molecule has 0 aliphatic carbocycles. The van der Waals surface area contributed by atoms with Crippen molar-refractivity contribution in [2.24, 2.45) is 7.05 Å². The van der Waals surface area contributed by atoms with Crippen LogP contribution in [0.15, 0.2) is 30.7 Å². The maximum Gasteiger partial charge on any atom is 0.273 e. The lowest BCUT2D eigenvalue weighted by atomic mass is 10.2. The Morgan fingerprint density at radius 1 is 1.36 bits per heavy atom. The first-order chi connectivity index (χ1) is 13.3. The number of amides is 1. The zero-order valence-electron chi connectivity index (χ0n) is 16.4.